The van der Waals surface area contributed by atoms with Gasteiger partial charge in [0, 0.05) is 17.1 Å². The van der Waals surface area contributed by atoms with Crippen molar-refractivity contribution < 1.29 is 30.6 Å². The Balaban J connectivity index is 0. The van der Waals surface area contributed by atoms with Crippen LogP contribution in [0.1, 0.15) is 0 Å². The molecule has 9 heteroatoms. The van der Waals surface area contributed by atoms with Crippen molar-refractivity contribution in [2.24, 2.45) is 0 Å². The molecule has 0 aromatic carbocycles. The standard InChI is InChI=1S/C6H12Cl4O3P.Cu/c7-1-4-11-14(10,12-5-2-8)13-6-3-9;/h1-6H2;/q+1;. The molecular weight excluding hydrogens is 356 g/mol. The van der Waals surface area contributed by atoms with Crippen LogP contribution in [0.15, 0.2) is 0 Å². The zero-order valence-electron chi connectivity index (χ0n) is 7.73. The van der Waals surface area contributed by atoms with Gasteiger partial charge in [-0.3, -0.25) is 0 Å². The Morgan fingerprint density at radius 3 is 1.20 bits per heavy atom. The zero-order valence-corrected chi connectivity index (χ0v) is 12.6. The van der Waals surface area contributed by atoms with Crippen molar-refractivity contribution in [2.45, 2.75) is 0 Å². The molecule has 0 unspecified atom stereocenters. The van der Waals surface area contributed by atoms with Gasteiger partial charge in [-0.15, -0.1) is 34.8 Å². The number of rotatable bonds is 9. The molecule has 0 fully saturated rings. The molecule has 0 aromatic rings. The molecule has 0 bridgehead atoms. The summed E-state index contributed by atoms with van der Waals surface area (Å²) in [6, 6.07) is 0. The maximum atomic E-state index is 5.94. The molecule has 3 nitrogen and oxygen atoms in total. The van der Waals surface area contributed by atoms with E-state index in [4.69, 9.17) is 59.6 Å². The molecule has 0 aliphatic heterocycles. The van der Waals surface area contributed by atoms with Gasteiger partial charge in [0.1, 0.15) is 19.8 Å². The molecule has 0 atom stereocenters. The molecule has 0 aliphatic carbocycles. The van der Waals surface area contributed by atoms with Crippen molar-refractivity contribution in [3.05, 3.63) is 0 Å². The first-order valence-corrected chi connectivity index (χ1v) is 7.94. The third kappa shape index (κ3) is 10.8. The van der Waals surface area contributed by atoms with Crippen molar-refractivity contribution in [3.63, 3.8) is 0 Å². The van der Waals surface area contributed by atoms with E-state index in [1.54, 1.807) is 0 Å². The van der Waals surface area contributed by atoms with E-state index < -0.39 is 7.30 Å². The van der Waals surface area contributed by atoms with E-state index >= 15 is 0 Å². The minimum absolute atomic E-state index is 0. The first kappa shape index (κ1) is 19.3. The molecule has 0 rings (SSSR count). The van der Waals surface area contributed by atoms with E-state index in [9.17, 15) is 0 Å². The Morgan fingerprint density at radius 2 is 1.00 bits per heavy atom. The summed E-state index contributed by atoms with van der Waals surface area (Å²) in [5, 5.41) is 0. The maximum Gasteiger partial charge on any atom is 0.524 e. The molecule has 0 spiro atoms. The molecular formula is C6H12Cl4CuO3P+. The van der Waals surface area contributed by atoms with Gasteiger partial charge in [-0.25, -0.2) is 0 Å². The van der Waals surface area contributed by atoms with Crippen LogP contribution >= 0.6 is 53.3 Å². The van der Waals surface area contributed by atoms with E-state index in [2.05, 4.69) is 0 Å². The average Bonchev–Trinajstić information content (AvgIpc) is 2.21. The smallest absolute Gasteiger partial charge is 0.162 e. The van der Waals surface area contributed by atoms with E-state index in [1.807, 2.05) is 0 Å². The fraction of sp³-hybridized carbons (Fsp3) is 1.00. The van der Waals surface area contributed by atoms with Crippen LogP contribution in [0.25, 0.3) is 0 Å². The van der Waals surface area contributed by atoms with Crippen LogP contribution in [-0.2, 0) is 30.6 Å². The molecule has 0 aliphatic rings. The van der Waals surface area contributed by atoms with Crippen LogP contribution in [-0.4, -0.2) is 37.5 Å². The Morgan fingerprint density at radius 1 is 0.733 bits per heavy atom. The van der Waals surface area contributed by atoms with Gasteiger partial charge in [0.25, 0.3) is 0 Å². The first-order valence-electron chi connectivity index (χ1n) is 3.88. The topological polar surface area (TPSA) is 27.7 Å². The Hall–Kier alpha value is 1.99. The number of alkyl halides is 3. The third-order valence-electron chi connectivity index (χ3n) is 0.968. The molecule has 1 radical (unpaired) electrons. The van der Waals surface area contributed by atoms with Crippen molar-refractivity contribution in [2.75, 3.05) is 37.5 Å². The van der Waals surface area contributed by atoms with Crippen LogP contribution < -0.4 is 0 Å². The van der Waals surface area contributed by atoms with Crippen molar-refractivity contribution in [1.82, 2.24) is 0 Å². The summed E-state index contributed by atoms with van der Waals surface area (Å²) in [5.41, 5.74) is 0. The minimum Gasteiger partial charge on any atom is -0.162 e. The summed E-state index contributed by atoms with van der Waals surface area (Å²) in [4.78, 5) is 0. The molecule has 0 amide bonds. The van der Waals surface area contributed by atoms with Gasteiger partial charge in [-0.1, -0.05) is 0 Å². The molecule has 0 saturated heterocycles. The van der Waals surface area contributed by atoms with Crippen molar-refractivity contribution in [3.8, 4) is 0 Å². The molecule has 15 heavy (non-hydrogen) atoms. The van der Waals surface area contributed by atoms with E-state index in [0.717, 1.165) is 0 Å². The molecule has 0 heterocycles. The Labute approximate surface area is 121 Å². The number of hydrogen-bond acceptors (Lipinski definition) is 3. The van der Waals surface area contributed by atoms with Crippen molar-refractivity contribution >= 4 is 53.3 Å². The van der Waals surface area contributed by atoms with Crippen LogP contribution in [0.2, 0.25) is 0 Å². The summed E-state index contributed by atoms with van der Waals surface area (Å²) in [7, 11) is -2.80. The summed E-state index contributed by atoms with van der Waals surface area (Å²) < 4.78 is 15.5. The predicted molar refractivity (Wildman–Crippen MR) is 62.8 cm³/mol. The number of halogens is 4. The van der Waals surface area contributed by atoms with Crippen LogP contribution in [0.3, 0.4) is 0 Å². The van der Waals surface area contributed by atoms with Gasteiger partial charge in [0.15, 0.2) is 11.2 Å². The molecule has 0 aromatic heterocycles. The van der Waals surface area contributed by atoms with Crippen molar-refractivity contribution in [1.29, 1.82) is 0 Å². The summed E-state index contributed by atoms with van der Waals surface area (Å²) in [6.45, 7) is 0.802. The van der Waals surface area contributed by atoms with E-state index in [-0.39, 0.29) is 36.9 Å². The number of hydrogen-bond donors (Lipinski definition) is 0. The average molecular weight is 368 g/mol. The predicted octanol–water partition coefficient (Wildman–Crippen LogP) is 3.67. The van der Waals surface area contributed by atoms with Gasteiger partial charge in [0.2, 0.25) is 0 Å². The zero-order chi connectivity index (χ0) is 10.9. The monoisotopic (exact) mass is 366 g/mol. The first-order chi connectivity index (χ1) is 6.68. The summed E-state index contributed by atoms with van der Waals surface area (Å²) >= 11 is 22.3. The minimum atomic E-state index is -2.80. The van der Waals surface area contributed by atoms with Gasteiger partial charge in [-0.05, 0) is 0 Å². The van der Waals surface area contributed by atoms with Gasteiger partial charge >= 0.3 is 7.30 Å². The van der Waals surface area contributed by atoms with E-state index in [0.29, 0.717) is 17.6 Å². The molecule has 0 N–H and O–H groups in total. The van der Waals surface area contributed by atoms with Crippen LogP contribution in [0, 0.1) is 0 Å². The SMILES string of the molecule is ClCCO[P+](Cl)(OCCCl)OCCCl.[Cu]. The molecule has 0 saturated carbocycles. The second-order valence-corrected chi connectivity index (χ2v) is 6.01. The largest absolute Gasteiger partial charge is 0.524 e. The fourth-order valence-electron chi connectivity index (χ4n) is 0.542. The van der Waals surface area contributed by atoms with Crippen LogP contribution in [0.5, 0.6) is 0 Å². The second kappa shape index (κ2) is 12.4. The second-order valence-electron chi connectivity index (χ2n) is 2.00. The Bertz CT molecular complexity index is 124. The summed E-state index contributed by atoms with van der Waals surface area (Å²) in [5.74, 6) is 0.967. The molecule has 97 valence electrons. The maximum absolute atomic E-state index is 5.94. The van der Waals surface area contributed by atoms with Gasteiger partial charge in [-0.2, -0.15) is 13.6 Å². The normalized spacial score (nSPS) is 11.2. The quantitative estimate of drug-likeness (QED) is 0.353. The Kier molecular flexibility index (Phi) is 16.0. The van der Waals surface area contributed by atoms with Crippen LogP contribution in [0.4, 0.5) is 0 Å². The third-order valence-corrected chi connectivity index (χ3v) is 3.78. The van der Waals surface area contributed by atoms with Gasteiger partial charge in [0.05, 0.1) is 17.6 Å². The summed E-state index contributed by atoms with van der Waals surface area (Å²) in [6.07, 6.45) is 0. The fourth-order valence-corrected chi connectivity index (χ4v) is 2.87. The van der Waals surface area contributed by atoms with E-state index in [1.165, 1.54) is 0 Å². The van der Waals surface area contributed by atoms with Gasteiger partial charge < -0.3 is 0 Å².